The zero-order chi connectivity index (χ0) is 23.3. The summed E-state index contributed by atoms with van der Waals surface area (Å²) < 4.78 is 3.48. The van der Waals surface area contributed by atoms with E-state index in [1.807, 2.05) is 34.9 Å². The molecule has 1 aliphatic rings. The Kier molecular flexibility index (Phi) is 5.40. The van der Waals surface area contributed by atoms with Crippen molar-refractivity contribution in [2.75, 3.05) is 13.1 Å². The highest BCUT2D eigenvalue weighted by atomic mass is 32.1. The number of hydrogen-bond donors (Lipinski definition) is 0. The monoisotopic (exact) mass is 461 g/mol. The van der Waals surface area contributed by atoms with Crippen LogP contribution in [-0.4, -0.2) is 43.1 Å². The van der Waals surface area contributed by atoms with Gasteiger partial charge in [-0.05, 0) is 63.8 Å². The summed E-state index contributed by atoms with van der Waals surface area (Å²) in [6.07, 6.45) is 2.30. The Bertz CT molecular complexity index is 1440. The van der Waals surface area contributed by atoms with E-state index in [0.29, 0.717) is 27.6 Å². The van der Waals surface area contributed by atoms with Gasteiger partial charge in [0.05, 0.1) is 23.4 Å². The third-order valence-corrected chi connectivity index (χ3v) is 7.22. The molecule has 5 rings (SSSR count). The summed E-state index contributed by atoms with van der Waals surface area (Å²) in [4.78, 5) is 33.6. The predicted molar refractivity (Wildman–Crippen MR) is 130 cm³/mol. The molecule has 1 aliphatic heterocycles. The van der Waals surface area contributed by atoms with Crippen molar-refractivity contribution in [3.63, 3.8) is 0 Å². The molecule has 170 valence electrons. The molecular formula is C25H27N5O2S. The molecule has 0 bridgehead atoms. The van der Waals surface area contributed by atoms with E-state index in [4.69, 9.17) is 5.10 Å². The van der Waals surface area contributed by atoms with Crippen LogP contribution in [0.15, 0.2) is 34.4 Å². The van der Waals surface area contributed by atoms with E-state index >= 15 is 0 Å². The van der Waals surface area contributed by atoms with Crippen LogP contribution in [0.3, 0.4) is 0 Å². The highest BCUT2D eigenvalue weighted by Crippen LogP contribution is 2.25. The van der Waals surface area contributed by atoms with Crippen molar-refractivity contribution in [2.24, 2.45) is 0 Å². The van der Waals surface area contributed by atoms with Gasteiger partial charge in [-0.25, -0.2) is 9.67 Å². The molecule has 1 fully saturated rings. The smallest absolute Gasteiger partial charge is 0.268 e. The molecule has 8 heteroatoms. The lowest BCUT2D eigenvalue weighted by Gasteiger charge is -2.14. The second-order valence-corrected chi connectivity index (χ2v) is 9.70. The Hall–Kier alpha value is -3.26. The van der Waals surface area contributed by atoms with Crippen LogP contribution in [0.4, 0.5) is 0 Å². The van der Waals surface area contributed by atoms with Crippen LogP contribution in [0.25, 0.3) is 21.9 Å². The first kappa shape index (κ1) is 21.6. The topological polar surface area (TPSA) is 72.5 Å². The predicted octanol–water partition coefficient (Wildman–Crippen LogP) is 4.01. The largest absolute Gasteiger partial charge is 0.342 e. The second kappa shape index (κ2) is 8.26. The molecule has 4 aromatic rings. The van der Waals surface area contributed by atoms with Crippen molar-refractivity contribution in [3.8, 4) is 16.9 Å². The maximum atomic E-state index is 13.7. The van der Waals surface area contributed by atoms with Gasteiger partial charge in [0.2, 0.25) is 5.91 Å². The van der Waals surface area contributed by atoms with Gasteiger partial charge in [-0.1, -0.05) is 12.1 Å². The highest BCUT2D eigenvalue weighted by molar-refractivity contribution is 7.15. The van der Waals surface area contributed by atoms with Gasteiger partial charge in [0, 0.05) is 29.9 Å². The minimum Gasteiger partial charge on any atom is -0.342 e. The number of aryl methyl sites for hydroxylation is 4. The molecular weight excluding hydrogens is 434 g/mol. The Morgan fingerprint density at radius 3 is 2.61 bits per heavy atom. The van der Waals surface area contributed by atoms with Gasteiger partial charge in [-0.3, -0.25) is 14.0 Å². The standard InChI is InChI=1S/C25H27N5O2S/c1-15-7-8-16(2)21(11-15)30-17(3)12-20(27-30)23-18(4)26-25-29(24(23)32)19(14-33-25)13-22(31)28-9-5-6-10-28/h7-8,11-12,14H,5-6,9-10,13H2,1-4H3. The van der Waals surface area contributed by atoms with Gasteiger partial charge in [0.15, 0.2) is 4.96 Å². The average molecular weight is 462 g/mol. The lowest BCUT2D eigenvalue weighted by Crippen LogP contribution is -2.30. The number of rotatable bonds is 4. The highest BCUT2D eigenvalue weighted by Gasteiger charge is 2.23. The number of carbonyl (C=O) groups is 1. The van der Waals surface area contributed by atoms with Crippen molar-refractivity contribution < 1.29 is 4.79 Å². The Labute approximate surface area is 196 Å². The van der Waals surface area contributed by atoms with Gasteiger partial charge in [-0.15, -0.1) is 11.3 Å². The Balaban J connectivity index is 1.60. The van der Waals surface area contributed by atoms with E-state index in [2.05, 4.69) is 37.0 Å². The van der Waals surface area contributed by atoms with Crippen LogP contribution in [0.1, 0.15) is 41.1 Å². The number of amides is 1. The van der Waals surface area contributed by atoms with E-state index in [1.165, 1.54) is 11.3 Å². The number of aromatic nitrogens is 4. The second-order valence-electron chi connectivity index (χ2n) is 8.86. The molecule has 0 unspecified atom stereocenters. The first-order chi connectivity index (χ1) is 15.8. The zero-order valence-corrected chi connectivity index (χ0v) is 20.2. The number of hydrogen-bond acceptors (Lipinski definition) is 5. The lowest BCUT2D eigenvalue weighted by atomic mass is 10.1. The van der Waals surface area contributed by atoms with Gasteiger partial charge in [0.25, 0.3) is 5.56 Å². The molecule has 0 radical (unpaired) electrons. The minimum atomic E-state index is -0.173. The van der Waals surface area contributed by atoms with E-state index < -0.39 is 0 Å². The van der Waals surface area contributed by atoms with Crippen LogP contribution in [0.5, 0.6) is 0 Å². The average Bonchev–Trinajstić information content (AvgIpc) is 3.51. The SMILES string of the molecule is Cc1ccc(C)c(-n2nc(-c3c(C)nc4scc(CC(=O)N5CCCC5)n4c3=O)cc2C)c1. The molecule has 0 atom stereocenters. The fourth-order valence-electron chi connectivity index (χ4n) is 4.55. The fraction of sp³-hybridized carbons (Fsp3) is 0.360. The maximum absolute atomic E-state index is 13.7. The Morgan fingerprint density at radius 2 is 1.85 bits per heavy atom. The molecule has 1 aromatic carbocycles. The summed E-state index contributed by atoms with van der Waals surface area (Å²) in [5.41, 5.74) is 6.44. The van der Waals surface area contributed by atoms with Crippen LogP contribution < -0.4 is 5.56 Å². The summed E-state index contributed by atoms with van der Waals surface area (Å²) in [5.74, 6) is 0.0660. The van der Waals surface area contributed by atoms with Crippen molar-refractivity contribution in [1.29, 1.82) is 0 Å². The van der Waals surface area contributed by atoms with Crippen molar-refractivity contribution >= 4 is 22.2 Å². The van der Waals surface area contributed by atoms with Crippen LogP contribution in [0.2, 0.25) is 0 Å². The van der Waals surface area contributed by atoms with E-state index in [-0.39, 0.29) is 17.9 Å². The summed E-state index contributed by atoms with van der Waals surface area (Å²) >= 11 is 1.39. The van der Waals surface area contributed by atoms with Crippen molar-refractivity contribution in [2.45, 2.75) is 47.0 Å². The molecule has 0 spiro atoms. The normalized spacial score (nSPS) is 13.9. The summed E-state index contributed by atoms with van der Waals surface area (Å²) in [6, 6.07) is 8.19. The number of benzene rings is 1. The molecule has 33 heavy (non-hydrogen) atoms. The number of fused-ring (bicyclic) bond motifs is 1. The van der Waals surface area contributed by atoms with E-state index in [9.17, 15) is 9.59 Å². The number of thiazole rings is 1. The first-order valence-corrected chi connectivity index (χ1v) is 12.1. The minimum absolute atomic E-state index is 0.0660. The third-order valence-electron chi connectivity index (χ3n) is 6.35. The molecule has 1 saturated heterocycles. The molecule has 3 aromatic heterocycles. The molecule has 4 heterocycles. The van der Waals surface area contributed by atoms with Gasteiger partial charge in [-0.2, -0.15) is 5.10 Å². The van der Waals surface area contributed by atoms with Gasteiger partial charge < -0.3 is 4.90 Å². The number of nitrogens with zero attached hydrogens (tertiary/aromatic N) is 5. The van der Waals surface area contributed by atoms with Gasteiger partial charge in [0.1, 0.15) is 5.69 Å². The number of carbonyl (C=O) groups excluding carboxylic acids is 1. The Morgan fingerprint density at radius 1 is 1.09 bits per heavy atom. The maximum Gasteiger partial charge on any atom is 0.268 e. The quantitative estimate of drug-likeness (QED) is 0.460. The van der Waals surface area contributed by atoms with Crippen molar-refractivity contribution in [3.05, 3.63) is 68.2 Å². The van der Waals surface area contributed by atoms with E-state index in [0.717, 1.165) is 48.4 Å². The first-order valence-electron chi connectivity index (χ1n) is 11.3. The third kappa shape index (κ3) is 3.78. The van der Waals surface area contributed by atoms with Crippen LogP contribution in [-0.2, 0) is 11.2 Å². The lowest BCUT2D eigenvalue weighted by molar-refractivity contribution is -0.129. The summed E-state index contributed by atoms with van der Waals surface area (Å²) in [6.45, 7) is 9.54. The van der Waals surface area contributed by atoms with E-state index in [1.54, 1.807) is 4.40 Å². The van der Waals surface area contributed by atoms with Crippen molar-refractivity contribution in [1.82, 2.24) is 24.1 Å². The fourth-order valence-corrected chi connectivity index (χ4v) is 5.47. The molecule has 1 amide bonds. The van der Waals surface area contributed by atoms with Crippen LogP contribution in [0, 0.1) is 27.7 Å². The van der Waals surface area contributed by atoms with Gasteiger partial charge >= 0.3 is 0 Å². The molecule has 7 nitrogen and oxygen atoms in total. The number of likely N-dealkylation sites (tertiary alicyclic amines) is 1. The zero-order valence-electron chi connectivity index (χ0n) is 19.4. The summed E-state index contributed by atoms with van der Waals surface area (Å²) in [7, 11) is 0. The van der Waals surface area contributed by atoms with Crippen LogP contribution >= 0.6 is 11.3 Å². The molecule has 0 N–H and O–H groups in total. The summed E-state index contributed by atoms with van der Waals surface area (Å²) in [5, 5.41) is 6.69. The molecule has 0 aliphatic carbocycles. The molecule has 0 saturated carbocycles.